The van der Waals surface area contributed by atoms with Gasteiger partial charge in [0.1, 0.15) is 18.2 Å². The molecule has 6 nitrogen and oxygen atoms in total. The van der Waals surface area contributed by atoms with Gasteiger partial charge in [0.15, 0.2) is 0 Å². The van der Waals surface area contributed by atoms with Crippen LogP contribution in [0.5, 0.6) is 5.75 Å². The normalized spacial score (nSPS) is 10.2. The predicted octanol–water partition coefficient (Wildman–Crippen LogP) is 2.46. The fourth-order valence-electron chi connectivity index (χ4n) is 1.66. The Balaban J connectivity index is 2.11. The van der Waals surface area contributed by atoms with E-state index in [0.717, 1.165) is 5.56 Å². The molecule has 2 N–H and O–H groups in total. The fraction of sp³-hybridized carbons (Fsp3) is 0.154. The largest absolute Gasteiger partial charge is 0.489 e. The highest BCUT2D eigenvalue weighted by atomic mass is 16.6. The molecule has 0 saturated carbocycles. The van der Waals surface area contributed by atoms with Crippen LogP contribution in [0, 0.1) is 17.0 Å². The van der Waals surface area contributed by atoms with E-state index in [2.05, 4.69) is 4.98 Å². The van der Waals surface area contributed by atoms with E-state index in [1.54, 1.807) is 31.3 Å². The Labute approximate surface area is 110 Å². The van der Waals surface area contributed by atoms with Crippen molar-refractivity contribution in [2.45, 2.75) is 13.5 Å². The van der Waals surface area contributed by atoms with Gasteiger partial charge in [0, 0.05) is 23.4 Å². The van der Waals surface area contributed by atoms with Crippen LogP contribution >= 0.6 is 0 Å². The van der Waals surface area contributed by atoms with Gasteiger partial charge >= 0.3 is 0 Å². The van der Waals surface area contributed by atoms with E-state index in [0.29, 0.717) is 17.1 Å². The number of benzene rings is 1. The lowest BCUT2D eigenvalue weighted by Gasteiger charge is -2.08. The first kappa shape index (κ1) is 12.8. The third-order valence-electron chi connectivity index (χ3n) is 2.69. The molecule has 2 rings (SSSR count). The van der Waals surface area contributed by atoms with Crippen molar-refractivity contribution in [1.82, 2.24) is 4.98 Å². The van der Waals surface area contributed by atoms with Crippen LogP contribution in [0.2, 0.25) is 0 Å². The Bertz CT molecular complexity index is 614. The molecule has 2 aromatic rings. The fourth-order valence-corrected chi connectivity index (χ4v) is 1.66. The molecule has 0 aliphatic carbocycles. The minimum Gasteiger partial charge on any atom is -0.489 e. The Morgan fingerprint density at radius 1 is 1.42 bits per heavy atom. The SMILES string of the molecule is Cc1cc(OCc2cccnc2N)ccc1[N+](=O)[O-]. The number of ether oxygens (including phenoxy) is 1. The van der Waals surface area contributed by atoms with Gasteiger partial charge in [-0.1, -0.05) is 6.07 Å². The zero-order valence-corrected chi connectivity index (χ0v) is 10.4. The molecular weight excluding hydrogens is 246 g/mol. The summed E-state index contributed by atoms with van der Waals surface area (Å²) < 4.78 is 5.55. The van der Waals surface area contributed by atoms with E-state index >= 15 is 0 Å². The molecule has 0 spiro atoms. The number of hydrogen-bond donors (Lipinski definition) is 1. The predicted molar refractivity (Wildman–Crippen MR) is 70.8 cm³/mol. The quantitative estimate of drug-likeness (QED) is 0.672. The van der Waals surface area contributed by atoms with Crippen molar-refractivity contribution >= 4 is 11.5 Å². The number of nitrogens with zero attached hydrogens (tertiary/aromatic N) is 2. The van der Waals surface area contributed by atoms with Gasteiger partial charge in [0.25, 0.3) is 5.69 Å². The summed E-state index contributed by atoms with van der Waals surface area (Å²) in [5.41, 5.74) is 7.11. The van der Waals surface area contributed by atoms with E-state index in [1.165, 1.54) is 6.07 Å². The molecule has 0 fully saturated rings. The highest BCUT2D eigenvalue weighted by Crippen LogP contribution is 2.24. The maximum absolute atomic E-state index is 10.7. The molecule has 0 saturated heterocycles. The minimum absolute atomic E-state index is 0.0771. The Hall–Kier alpha value is -2.63. The van der Waals surface area contributed by atoms with Crippen molar-refractivity contribution in [3.05, 3.63) is 57.8 Å². The van der Waals surface area contributed by atoms with Crippen LogP contribution in [0.3, 0.4) is 0 Å². The molecule has 19 heavy (non-hydrogen) atoms. The van der Waals surface area contributed by atoms with Crippen LogP contribution < -0.4 is 10.5 Å². The molecule has 0 aliphatic rings. The summed E-state index contributed by atoms with van der Waals surface area (Å²) in [7, 11) is 0. The van der Waals surface area contributed by atoms with Gasteiger partial charge in [-0.3, -0.25) is 10.1 Å². The first-order valence-electron chi connectivity index (χ1n) is 5.65. The van der Waals surface area contributed by atoms with E-state index < -0.39 is 4.92 Å². The van der Waals surface area contributed by atoms with Gasteiger partial charge < -0.3 is 10.5 Å². The van der Waals surface area contributed by atoms with Gasteiger partial charge in [-0.25, -0.2) is 4.98 Å². The number of nitro benzene ring substituents is 1. The molecule has 6 heteroatoms. The Morgan fingerprint density at radius 2 is 2.21 bits per heavy atom. The lowest BCUT2D eigenvalue weighted by molar-refractivity contribution is -0.385. The van der Waals surface area contributed by atoms with Crippen LogP contribution in [0.1, 0.15) is 11.1 Å². The minimum atomic E-state index is -0.418. The van der Waals surface area contributed by atoms with Gasteiger partial charge in [0.2, 0.25) is 0 Å². The van der Waals surface area contributed by atoms with Crippen molar-refractivity contribution in [3.63, 3.8) is 0 Å². The van der Waals surface area contributed by atoms with Crippen molar-refractivity contribution in [2.24, 2.45) is 0 Å². The number of pyridine rings is 1. The van der Waals surface area contributed by atoms with Crippen molar-refractivity contribution < 1.29 is 9.66 Å². The Kier molecular flexibility index (Phi) is 3.61. The molecule has 0 aliphatic heterocycles. The van der Waals surface area contributed by atoms with Gasteiger partial charge in [-0.15, -0.1) is 0 Å². The van der Waals surface area contributed by atoms with Crippen LogP contribution in [-0.4, -0.2) is 9.91 Å². The van der Waals surface area contributed by atoms with Gasteiger partial charge in [-0.2, -0.15) is 0 Å². The second-order valence-electron chi connectivity index (χ2n) is 4.04. The summed E-state index contributed by atoms with van der Waals surface area (Å²) in [6.45, 7) is 1.94. The number of nitro groups is 1. The van der Waals surface area contributed by atoms with Gasteiger partial charge in [-0.05, 0) is 25.1 Å². The van der Waals surface area contributed by atoms with Gasteiger partial charge in [0.05, 0.1) is 4.92 Å². The van der Waals surface area contributed by atoms with E-state index in [-0.39, 0.29) is 12.3 Å². The Morgan fingerprint density at radius 3 is 2.84 bits per heavy atom. The molecular formula is C13H13N3O3. The maximum atomic E-state index is 10.7. The summed E-state index contributed by atoms with van der Waals surface area (Å²) in [6.07, 6.45) is 1.61. The second-order valence-corrected chi connectivity index (χ2v) is 4.04. The average molecular weight is 259 g/mol. The molecule has 0 amide bonds. The topological polar surface area (TPSA) is 91.3 Å². The van der Waals surface area contributed by atoms with Crippen molar-refractivity contribution in [1.29, 1.82) is 0 Å². The highest BCUT2D eigenvalue weighted by molar-refractivity contribution is 5.44. The molecule has 1 heterocycles. The van der Waals surface area contributed by atoms with Crippen LogP contribution in [0.4, 0.5) is 11.5 Å². The number of anilines is 1. The lowest BCUT2D eigenvalue weighted by Crippen LogP contribution is -2.02. The summed E-state index contributed by atoms with van der Waals surface area (Å²) >= 11 is 0. The highest BCUT2D eigenvalue weighted by Gasteiger charge is 2.10. The molecule has 1 aromatic carbocycles. The average Bonchev–Trinajstić information content (AvgIpc) is 2.37. The molecule has 0 atom stereocenters. The zero-order valence-electron chi connectivity index (χ0n) is 10.4. The summed E-state index contributed by atoms with van der Waals surface area (Å²) in [5.74, 6) is 0.979. The summed E-state index contributed by atoms with van der Waals surface area (Å²) in [5, 5.41) is 10.7. The first-order valence-corrected chi connectivity index (χ1v) is 5.65. The number of aryl methyl sites for hydroxylation is 1. The number of rotatable bonds is 4. The first-order chi connectivity index (χ1) is 9.08. The molecule has 1 aromatic heterocycles. The van der Waals surface area contributed by atoms with Crippen molar-refractivity contribution in [3.8, 4) is 5.75 Å². The van der Waals surface area contributed by atoms with E-state index in [1.807, 2.05) is 6.07 Å². The molecule has 0 radical (unpaired) electrons. The van der Waals surface area contributed by atoms with Crippen LogP contribution in [-0.2, 0) is 6.61 Å². The second kappa shape index (κ2) is 5.34. The lowest BCUT2D eigenvalue weighted by atomic mass is 10.2. The third-order valence-corrected chi connectivity index (χ3v) is 2.69. The molecule has 98 valence electrons. The standard InChI is InChI=1S/C13H13N3O3/c1-9-7-11(4-5-12(9)16(17)18)19-8-10-3-2-6-15-13(10)14/h2-7H,8H2,1H3,(H2,14,15). The molecule has 0 bridgehead atoms. The van der Waals surface area contributed by atoms with E-state index in [9.17, 15) is 10.1 Å². The number of aromatic nitrogens is 1. The third kappa shape index (κ3) is 2.98. The number of nitrogen functional groups attached to an aromatic ring is 1. The van der Waals surface area contributed by atoms with Crippen molar-refractivity contribution in [2.75, 3.05) is 5.73 Å². The van der Waals surface area contributed by atoms with E-state index in [4.69, 9.17) is 10.5 Å². The van der Waals surface area contributed by atoms with Crippen LogP contribution in [0.15, 0.2) is 36.5 Å². The monoisotopic (exact) mass is 259 g/mol. The zero-order chi connectivity index (χ0) is 13.8. The van der Waals surface area contributed by atoms with Crippen LogP contribution in [0.25, 0.3) is 0 Å². The number of nitrogens with two attached hydrogens (primary N) is 1. The smallest absolute Gasteiger partial charge is 0.272 e. The summed E-state index contributed by atoms with van der Waals surface area (Å²) in [4.78, 5) is 14.2. The number of hydrogen-bond acceptors (Lipinski definition) is 5. The molecule has 0 unspecified atom stereocenters. The maximum Gasteiger partial charge on any atom is 0.272 e. The summed E-state index contributed by atoms with van der Waals surface area (Å²) in [6, 6.07) is 8.22.